The van der Waals surface area contributed by atoms with Crippen LogP contribution in [0.15, 0.2) is 29.0 Å². The van der Waals surface area contributed by atoms with Gasteiger partial charge in [0.2, 0.25) is 0 Å². The summed E-state index contributed by atoms with van der Waals surface area (Å²) in [5.74, 6) is 1.40. The fraction of sp³-hybridized carbons (Fsp3) is 0.353. The van der Waals surface area contributed by atoms with Crippen molar-refractivity contribution in [2.24, 2.45) is 0 Å². The van der Waals surface area contributed by atoms with Crippen molar-refractivity contribution in [3.63, 3.8) is 0 Å². The highest BCUT2D eigenvalue weighted by Gasteiger charge is 2.21. The molecule has 1 aliphatic heterocycles. The standard InChI is InChI=1S/C17H17BrIN5O2/c1-25-11-6-4-5-10(13(11)18)21-15-14-16(23-17(19)22-15)24(9-20-14)12-7-2-3-8-26-12/h4-6,9,12H,2-3,7-8H2,1H3,(H,21,22,23). The van der Waals surface area contributed by atoms with Crippen LogP contribution < -0.4 is 10.1 Å². The normalized spacial score (nSPS) is 17.4. The Morgan fingerprint density at radius 1 is 1.35 bits per heavy atom. The third-order valence-corrected chi connectivity index (χ3v) is 5.60. The number of nitrogens with zero attached hydrogens (tertiary/aromatic N) is 4. The number of aromatic nitrogens is 4. The molecule has 1 aromatic carbocycles. The van der Waals surface area contributed by atoms with E-state index in [4.69, 9.17) is 9.47 Å². The highest BCUT2D eigenvalue weighted by atomic mass is 127. The van der Waals surface area contributed by atoms with Crippen molar-refractivity contribution in [3.8, 4) is 5.75 Å². The third-order valence-electron chi connectivity index (χ3n) is 4.30. The van der Waals surface area contributed by atoms with Crippen LogP contribution in [-0.4, -0.2) is 33.2 Å². The molecule has 1 atom stereocenters. The lowest BCUT2D eigenvalue weighted by Gasteiger charge is -2.23. The molecular formula is C17H17BrIN5O2. The Kier molecular flexibility index (Phi) is 5.28. The number of anilines is 2. The summed E-state index contributed by atoms with van der Waals surface area (Å²) < 4.78 is 14.7. The molecule has 0 aliphatic carbocycles. The van der Waals surface area contributed by atoms with E-state index in [1.165, 1.54) is 0 Å². The number of halogens is 2. The molecule has 9 heteroatoms. The zero-order valence-electron chi connectivity index (χ0n) is 14.1. The maximum Gasteiger partial charge on any atom is 0.194 e. The number of imidazole rings is 1. The Morgan fingerprint density at radius 2 is 2.23 bits per heavy atom. The maximum absolute atomic E-state index is 5.89. The zero-order valence-corrected chi connectivity index (χ0v) is 17.8. The van der Waals surface area contributed by atoms with Gasteiger partial charge in [0, 0.05) is 29.2 Å². The van der Waals surface area contributed by atoms with Crippen LogP contribution in [0.1, 0.15) is 25.5 Å². The molecule has 26 heavy (non-hydrogen) atoms. The molecule has 0 amide bonds. The SMILES string of the molecule is COc1cccc(Nc2nc(I)nc3c2ncn3C2CCCCO2)c1Br. The van der Waals surface area contributed by atoms with Crippen molar-refractivity contribution in [1.82, 2.24) is 19.5 Å². The van der Waals surface area contributed by atoms with Gasteiger partial charge in [-0.25, -0.2) is 15.0 Å². The Bertz CT molecular complexity index is 942. The molecule has 2 aromatic heterocycles. The first-order valence-corrected chi connectivity index (χ1v) is 10.2. The summed E-state index contributed by atoms with van der Waals surface area (Å²) in [5, 5.41) is 3.35. The molecule has 1 aliphatic rings. The Hall–Kier alpha value is -1.46. The number of rotatable bonds is 4. The molecule has 3 heterocycles. The molecule has 4 rings (SSSR count). The maximum atomic E-state index is 5.89. The second-order valence-electron chi connectivity index (χ2n) is 5.93. The van der Waals surface area contributed by atoms with Gasteiger partial charge in [-0.1, -0.05) is 6.07 Å². The van der Waals surface area contributed by atoms with Gasteiger partial charge >= 0.3 is 0 Å². The van der Waals surface area contributed by atoms with Gasteiger partial charge in [0.25, 0.3) is 0 Å². The molecule has 0 radical (unpaired) electrons. The summed E-state index contributed by atoms with van der Waals surface area (Å²) in [6, 6.07) is 5.77. The molecule has 0 spiro atoms. The van der Waals surface area contributed by atoms with Crippen molar-refractivity contribution in [2.75, 3.05) is 19.0 Å². The molecule has 0 bridgehead atoms. The van der Waals surface area contributed by atoms with Gasteiger partial charge in [-0.05, 0) is 47.3 Å². The predicted molar refractivity (Wildman–Crippen MR) is 111 cm³/mol. The monoisotopic (exact) mass is 529 g/mol. The van der Waals surface area contributed by atoms with Crippen LogP contribution in [0.25, 0.3) is 11.2 Å². The summed E-state index contributed by atoms with van der Waals surface area (Å²) in [6.07, 6.45) is 4.99. The Balaban J connectivity index is 1.75. The minimum absolute atomic E-state index is 0.0177. The highest BCUT2D eigenvalue weighted by Crippen LogP contribution is 2.35. The van der Waals surface area contributed by atoms with E-state index >= 15 is 0 Å². The van der Waals surface area contributed by atoms with E-state index in [-0.39, 0.29) is 6.23 Å². The van der Waals surface area contributed by atoms with Gasteiger partial charge < -0.3 is 14.8 Å². The summed E-state index contributed by atoms with van der Waals surface area (Å²) in [6.45, 7) is 0.772. The number of fused-ring (bicyclic) bond motifs is 1. The fourth-order valence-corrected chi connectivity index (χ4v) is 4.02. The van der Waals surface area contributed by atoms with Crippen LogP contribution in [0.4, 0.5) is 11.5 Å². The van der Waals surface area contributed by atoms with Gasteiger partial charge in [0.1, 0.15) is 12.0 Å². The van der Waals surface area contributed by atoms with Gasteiger partial charge in [0.15, 0.2) is 20.8 Å². The smallest absolute Gasteiger partial charge is 0.194 e. The number of ether oxygens (including phenoxy) is 2. The lowest BCUT2D eigenvalue weighted by atomic mass is 10.2. The summed E-state index contributed by atoms with van der Waals surface area (Å²) in [5.41, 5.74) is 2.34. The minimum Gasteiger partial charge on any atom is -0.495 e. The highest BCUT2D eigenvalue weighted by molar-refractivity contribution is 14.1. The quantitative estimate of drug-likeness (QED) is 0.392. The Labute approximate surface area is 172 Å². The Morgan fingerprint density at radius 3 is 3.00 bits per heavy atom. The fourth-order valence-electron chi connectivity index (χ4n) is 3.02. The largest absolute Gasteiger partial charge is 0.495 e. The van der Waals surface area contributed by atoms with Gasteiger partial charge in [-0.3, -0.25) is 4.57 Å². The number of nitrogens with one attached hydrogen (secondary N) is 1. The zero-order chi connectivity index (χ0) is 18.1. The number of benzene rings is 1. The molecule has 1 unspecified atom stereocenters. The van der Waals surface area contributed by atoms with Gasteiger partial charge in [0.05, 0.1) is 23.6 Å². The van der Waals surface area contributed by atoms with E-state index in [9.17, 15) is 0 Å². The van der Waals surface area contributed by atoms with Crippen molar-refractivity contribution in [3.05, 3.63) is 32.8 Å². The molecule has 0 saturated carbocycles. The first-order valence-electron chi connectivity index (χ1n) is 8.28. The summed E-state index contributed by atoms with van der Waals surface area (Å²) in [4.78, 5) is 13.7. The molecular weight excluding hydrogens is 513 g/mol. The minimum atomic E-state index is -0.0177. The van der Waals surface area contributed by atoms with E-state index < -0.39 is 0 Å². The molecule has 3 aromatic rings. The second kappa shape index (κ2) is 7.65. The molecule has 136 valence electrons. The number of hydrogen-bond acceptors (Lipinski definition) is 6. The van der Waals surface area contributed by atoms with Crippen LogP contribution in [0.5, 0.6) is 5.75 Å². The van der Waals surface area contributed by atoms with E-state index in [1.54, 1.807) is 13.4 Å². The van der Waals surface area contributed by atoms with E-state index in [0.29, 0.717) is 15.2 Å². The van der Waals surface area contributed by atoms with Crippen LogP contribution in [0, 0.1) is 3.83 Å². The number of hydrogen-bond donors (Lipinski definition) is 1. The summed E-state index contributed by atoms with van der Waals surface area (Å²) in [7, 11) is 1.64. The van der Waals surface area contributed by atoms with E-state index in [2.05, 4.69) is 58.8 Å². The van der Waals surface area contributed by atoms with Gasteiger partial charge in [-0.2, -0.15) is 0 Å². The topological polar surface area (TPSA) is 74.1 Å². The third kappa shape index (κ3) is 3.39. The average molecular weight is 530 g/mol. The molecule has 1 saturated heterocycles. The van der Waals surface area contributed by atoms with Crippen LogP contribution in [-0.2, 0) is 4.74 Å². The summed E-state index contributed by atoms with van der Waals surface area (Å²) >= 11 is 5.69. The molecule has 1 fully saturated rings. The van der Waals surface area contributed by atoms with Crippen LogP contribution in [0.2, 0.25) is 0 Å². The lowest BCUT2D eigenvalue weighted by molar-refractivity contribution is -0.0298. The lowest BCUT2D eigenvalue weighted by Crippen LogP contribution is -2.18. The van der Waals surface area contributed by atoms with E-state index in [0.717, 1.165) is 47.4 Å². The van der Waals surface area contributed by atoms with Crippen LogP contribution >= 0.6 is 38.5 Å². The average Bonchev–Trinajstić information content (AvgIpc) is 3.08. The second-order valence-corrected chi connectivity index (χ2v) is 7.69. The first-order chi connectivity index (χ1) is 12.7. The first kappa shape index (κ1) is 17.9. The van der Waals surface area contributed by atoms with E-state index in [1.807, 2.05) is 22.8 Å². The number of methoxy groups -OCH3 is 1. The molecule has 1 N–H and O–H groups in total. The van der Waals surface area contributed by atoms with Crippen LogP contribution in [0.3, 0.4) is 0 Å². The van der Waals surface area contributed by atoms with Crippen molar-refractivity contribution >= 4 is 61.2 Å². The van der Waals surface area contributed by atoms with Crippen molar-refractivity contribution < 1.29 is 9.47 Å². The van der Waals surface area contributed by atoms with Crippen molar-refractivity contribution in [2.45, 2.75) is 25.5 Å². The van der Waals surface area contributed by atoms with Gasteiger partial charge in [-0.15, -0.1) is 0 Å². The molecule has 7 nitrogen and oxygen atoms in total. The van der Waals surface area contributed by atoms with Crippen molar-refractivity contribution in [1.29, 1.82) is 0 Å². The predicted octanol–water partition coefficient (Wildman–Crippen LogP) is 4.64.